The molecule has 1 aromatic carbocycles. The summed E-state index contributed by atoms with van der Waals surface area (Å²) in [6.45, 7) is 0.540. The molecule has 0 spiro atoms. The second kappa shape index (κ2) is 4.96. The molecule has 0 amide bonds. The molecule has 2 rings (SSSR count). The largest absolute Gasteiger partial charge is 0.268 e. The lowest BCUT2D eigenvalue weighted by Gasteiger charge is -2.28. The number of hydrogen-bond donors (Lipinski definition) is 0. The lowest BCUT2D eigenvalue weighted by Crippen LogP contribution is -2.43. The first-order chi connectivity index (χ1) is 8.33. The van der Waals surface area contributed by atoms with Crippen molar-refractivity contribution >= 4 is 41.3 Å². The normalized spacial score (nSPS) is 20.7. The number of benzene rings is 1. The number of hydrogen-bond acceptors (Lipinski definition) is 3. The summed E-state index contributed by atoms with van der Waals surface area (Å²) in [5.74, 6) is 4.29. The monoisotopic (exact) mass is 351 g/mol. The van der Waals surface area contributed by atoms with E-state index >= 15 is 0 Å². The number of nitrogens with zero attached hydrogens (tertiary/aromatic N) is 1. The average molecular weight is 352 g/mol. The van der Waals surface area contributed by atoms with Crippen molar-refractivity contribution in [2.24, 2.45) is 0 Å². The summed E-state index contributed by atoms with van der Waals surface area (Å²) < 4.78 is 38.5. The minimum Gasteiger partial charge on any atom is -0.268 e. The number of rotatable bonds is 2. The molecule has 0 bridgehead atoms. The molecule has 0 N–H and O–H groups in total. The van der Waals surface area contributed by atoms with Crippen molar-refractivity contribution in [3.05, 3.63) is 28.7 Å². The van der Waals surface area contributed by atoms with Crippen molar-refractivity contribution in [3.8, 4) is 0 Å². The van der Waals surface area contributed by atoms with E-state index in [4.69, 9.17) is 0 Å². The Kier molecular flexibility index (Phi) is 3.87. The van der Waals surface area contributed by atoms with Crippen LogP contribution in [-0.2, 0) is 19.5 Å². The quantitative estimate of drug-likeness (QED) is 0.751. The molecule has 0 radical (unpaired) electrons. The third-order valence-corrected chi connectivity index (χ3v) is 7.64. The maximum atomic E-state index is 12.4. The minimum absolute atomic E-state index is 0.252. The van der Waals surface area contributed by atoms with Gasteiger partial charge in [0.05, 0.1) is 4.90 Å². The molecule has 100 valence electrons. The van der Waals surface area contributed by atoms with Gasteiger partial charge in [-0.2, -0.15) is 4.31 Å². The second-order valence-electron chi connectivity index (χ2n) is 4.21. The number of sulfonamides is 1. The highest BCUT2D eigenvalue weighted by molar-refractivity contribution is 9.10. The smallest absolute Gasteiger partial charge is 0.244 e. The zero-order valence-corrected chi connectivity index (χ0v) is 12.9. The lowest BCUT2D eigenvalue weighted by molar-refractivity contribution is 0.438. The van der Waals surface area contributed by atoms with Crippen LogP contribution in [0.5, 0.6) is 0 Å². The molecule has 0 aliphatic carbocycles. The predicted molar refractivity (Wildman–Crippen MR) is 77.9 cm³/mol. The Labute approximate surface area is 116 Å². The highest BCUT2D eigenvalue weighted by Crippen LogP contribution is 2.25. The molecular weight excluding hydrogens is 338 g/mol. The molecule has 1 aromatic rings. The second-order valence-corrected chi connectivity index (χ2v) is 9.72. The fourth-order valence-electron chi connectivity index (χ4n) is 1.78. The molecule has 4 nitrogen and oxygen atoms in total. The molecule has 1 heterocycles. The van der Waals surface area contributed by atoms with Gasteiger partial charge in [0, 0.05) is 29.1 Å². The summed E-state index contributed by atoms with van der Waals surface area (Å²) in [5.41, 5.74) is 0. The first-order valence-electron chi connectivity index (χ1n) is 5.40. The molecule has 0 saturated carbocycles. The van der Waals surface area contributed by atoms with E-state index in [0.717, 1.165) is 0 Å². The summed E-state index contributed by atoms with van der Waals surface area (Å²) in [7, 11) is -5.60. The van der Waals surface area contributed by atoms with E-state index in [1.165, 1.54) is 4.31 Å². The lowest BCUT2D eigenvalue weighted by atomic mass is 10.4. The Balaban J connectivity index is 2.31. The molecule has 7 heteroatoms. The highest BCUT2D eigenvalue weighted by Gasteiger charge is 2.30. The first-order valence-corrected chi connectivity index (χ1v) is 9.70. The van der Waals surface area contributed by atoms with Crippen molar-refractivity contribution in [2.75, 3.05) is 24.6 Å². The molecule has 1 saturated heterocycles. The highest BCUT2D eigenvalue weighted by atomic mass is 79.9. The zero-order valence-electron chi connectivity index (χ0n) is 9.71. The van der Waals surface area contributed by atoms with E-state index in [-0.39, 0.29) is 18.0 Å². The molecule has 0 aromatic heterocycles. The van der Waals surface area contributed by atoms with Crippen LogP contribution in [-0.4, -0.2) is 47.4 Å². The third kappa shape index (κ3) is 2.79. The SMILES string of the molecule is C=S1(=O)CCN(S(=O)(=O)c2ccccc2Br)CC1. The van der Waals surface area contributed by atoms with Gasteiger partial charge in [-0.25, -0.2) is 8.42 Å². The fraction of sp³-hybridized carbons (Fsp3) is 0.364. The van der Waals surface area contributed by atoms with E-state index in [2.05, 4.69) is 21.8 Å². The molecule has 0 unspecified atom stereocenters. The van der Waals surface area contributed by atoms with Crippen LogP contribution in [0.3, 0.4) is 0 Å². The summed E-state index contributed by atoms with van der Waals surface area (Å²) >= 11 is 3.25. The first kappa shape index (κ1) is 14.0. The standard InChI is InChI=1S/C11H14BrNO3S2/c1-17(14)8-6-13(7-9-17)18(15,16)11-5-3-2-4-10(11)12/h2-5H,1,6-9H2. The van der Waals surface area contributed by atoms with E-state index in [9.17, 15) is 12.6 Å². The Morgan fingerprint density at radius 3 is 2.33 bits per heavy atom. The van der Waals surface area contributed by atoms with E-state index in [0.29, 0.717) is 16.0 Å². The van der Waals surface area contributed by atoms with Gasteiger partial charge in [0.1, 0.15) is 0 Å². The Hall–Kier alpha value is -0.370. The van der Waals surface area contributed by atoms with Crippen LogP contribution < -0.4 is 0 Å². The Bertz CT molecular complexity index is 639. The predicted octanol–water partition coefficient (Wildman–Crippen LogP) is 1.17. The Morgan fingerprint density at radius 2 is 1.78 bits per heavy atom. The van der Waals surface area contributed by atoms with Crippen LogP contribution in [0.1, 0.15) is 0 Å². The van der Waals surface area contributed by atoms with Gasteiger partial charge in [-0.1, -0.05) is 12.1 Å². The zero-order chi connectivity index (χ0) is 13.4. The van der Waals surface area contributed by atoms with Crippen molar-refractivity contribution in [3.63, 3.8) is 0 Å². The maximum absolute atomic E-state index is 12.4. The van der Waals surface area contributed by atoms with Crippen molar-refractivity contribution in [1.29, 1.82) is 0 Å². The van der Waals surface area contributed by atoms with Crippen LogP contribution in [0.25, 0.3) is 0 Å². The average Bonchev–Trinajstić information content (AvgIpc) is 2.28. The minimum atomic E-state index is -3.51. The van der Waals surface area contributed by atoms with Crippen molar-refractivity contribution in [1.82, 2.24) is 4.31 Å². The summed E-state index contributed by atoms with van der Waals surface area (Å²) in [6, 6.07) is 6.71. The van der Waals surface area contributed by atoms with Gasteiger partial charge in [-0.05, 0) is 43.5 Å². The number of halogens is 1. The van der Waals surface area contributed by atoms with Gasteiger partial charge < -0.3 is 0 Å². The van der Waals surface area contributed by atoms with Gasteiger partial charge in [0.15, 0.2) is 0 Å². The van der Waals surface area contributed by atoms with Crippen LogP contribution in [0.2, 0.25) is 0 Å². The third-order valence-electron chi connectivity index (χ3n) is 2.88. The molecule has 1 aliphatic heterocycles. The van der Waals surface area contributed by atoms with E-state index in [1.807, 2.05) is 0 Å². The molecule has 0 atom stereocenters. The van der Waals surface area contributed by atoms with Gasteiger partial charge in [-0.15, -0.1) is 0 Å². The fourth-order valence-corrected chi connectivity index (χ4v) is 5.73. The van der Waals surface area contributed by atoms with Gasteiger partial charge in [0.2, 0.25) is 10.0 Å². The van der Waals surface area contributed by atoms with Crippen molar-refractivity contribution in [2.45, 2.75) is 4.90 Å². The van der Waals surface area contributed by atoms with Gasteiger partial charge in [-0.3, -0.25) is 4.21 Å². The summed E-state index contributed by atoms with van der Waals surface area (Å²) in [6.07, 6.45) is 0. The topological polar surface area (TPSA) is 54.5 Å². The molecule has 1 fully saturated rings. The van der Waals surface area contributed by atoms with Crippen LogP contribution in [0.15, 0.2) is 33.6 Å². The molecule has 18 heavy (non-hydrogen) atoms. The molecular formula is C11H14BrNO3S2. The van der Waals surface area contributed by atoms with Crippen LogP contribution >= 0.6 is 15.9 Å². The maximum Gasteiger partial charge on any atom is 0.244 e. The van der Waals surface area contributed by atoms with Crippen LogP contribution in [0.4, 0.5) is 0 Å². The van der Waals surface area contributed by atoms with Crippen molar-refractivity contribution < 1.29 is 12.6 Å². The Morgan fingerprint density at radius 1 is 1.22 bits per heavy atom. The van der Waals surface area contributed by atoms with E-state index < -0.39 is 19.5 Å². The summed E-state index contributed by atoms with van der Waals surface area (Å²) in [5, 5.41) is 0. The van der Waals surface area contributed by atoms with Gasteiger partial charge >= 0.3 is 0 Å². The molecule has 1 aliphatic rings. The van der Waals surface area contributed by atoms with Crippen LogP contribution in [0, 0.1) is 0 Å². The van der Waals surface area contributed by atoms with Gasteiger partial charge in [0.25, 0.3) is 0 Å². The van der Waals surface area contributed by atoms with E-state index in [1.54, 1.807) is 24.3 Å². The summed E-state index contributed by atoms with van der Waals surface area (Å²) in [4.78, 5) is 0.252.